The molecule has 32 heavy (non-hydrogen) atoms. The van der Waals surface area contributed by atoms with Gasteiger partial charge in [-0.25, -0.2) is 15.0 Å². The van der Waals surface area contributed by atoms with Crippen LogP contribution >= 0.6 is 0 Å². The maximum atomic E-state index is 13.0. The number of para-hydroxylation sites is 1. The van der Waals surface area contributed by atoms with E-state index in [9.17, 15) is 9.59 Å². The summed E-state index contributed by atoms with van der Waals surface area (Å²) >= 11 is 0. The van der Waals surface area contributed by atoms with Crippen LogP contribution in [0.5, 0.6) is 5.75 Å². The Morgan fingerprint density at radius 1 is 1.09 bits per heavy atom. The second-order valence-corrected chi connectivity index (χ2v) is 7.38. The minimum atomic E-state index is -1.09. The van der Waals surface area contributed by atoms with Crippen LogP contribution in [0.25, 0.3) is 0 Å². The van der Waals surface area contributed by atoms with Gasteiger partial charge in [-0.05, 0) is 19.1 Å². The summed E-state index contributed by atoms with van der Waals surface area (Å²) < 4.78 is 10.7. The van der Waals surface area contributed by atoms with Gasteiger partial charge in [0.05, 0.1) is 13.7 Å². The number of ether oxygens (including phenoxy) is 2. The van der Waals surface area contributed by atoms with E-state index in [1.165, 1.54) is 0 Å². The second kappa shape index (κ2) is 9.63. The summed E-state index contributed by atoms with van der Waals surface area (Å²) in [5, 5.41) is 2.81. The molecule has 2 atom stereocenters. The van der Waals surface area contributed by atoms with Crippen LogP contribution in [-0.2, 0) is 14.3 Å². The Hall–Kier alpha value is -3.69. The Balaban J connectivity index is 1.60. The standard InChI is InChI=1S/C22H26N6O4/c1-3-32-20(30)17-18(15-7-4-5-8-16(15)31-2)25-22(26-19(17)29)28-13-11-27(12-14-28)21-23-9-6-10-24-21/h4-10,17-18H,3,11-14H2,1-2H3,(H,25,26,29)/t17-,18-/m0/s1. The predicted octanol–water partition coefficient (Wildman–Crippen LogP) is 1.01. The van der Waals surface area contributed by atoms with Crippen molar-refractivity contribution in [1.29, 1.82) is 0 Å². The van der Waals surface area contributed by atoms with Crippen molar-refractivity contribution in [2.24, 2.45) is 10.9 Å². The van der Waals surface area contributed by atoms with E-state index >= 15 is 0 Å². The first-order valence-corrected chi connectivity index (χ1v) is 10.6. The maximum Gasteiger partial charge on any atom is 0.321 e. The molecule has 3 heterocycles. The molecule has 10 nitrogen and oxygen atoms in total. The monoisotopic (exact) mass is 438 g/mol. The van der Waals surface area contributed by atoms with E-state index in [0.717, 1.165) is 0 Å². The first-order valence-electron chi connectivity index (χ1n) is 10.6. The molecule has 0 unspecified atom stereocenters. The van der Waals surface area contributed by atoms with Crippen molar-refractivity contribution in [2.75, 3.05) is 44.8 Å². The third-order valence-corrected chi connectivity index (χ3v) is 5.51. The minimum Gasteiger partial charge on any atom is -0.496 e. The molecule has 10 heteroatoms. The highest BCUT2D eigenvalue weighted by molar-refractivity contribution is 6.08. The molecule has 1 aromatic carbocycles. The summed E-state index contributed by atoms with van der Waals surface area (Å²) in [6.07, 6.45) is 3.43. The van der Waals surface area contributed by atoms with E-state index < -0.39 is 23.8 Å². The van der Waals surface area contributed by atoms with Crippen molar-refractivity contribution in [1.82, 2.24) is 20.2 Å². The Labute approximate surface area is 186 Å². The van der Waals surface area contributed by atoms with Crippen LogP contribution in [0.15, 0.2) is 47.7 Å². The molecule has 2 aliphatic rings. The first-order chi connectivity index (χ1) is 15.6. The zero-order valence-corrected chi connectivity index (χ0v) is 18.1. The van der Waals surface area contributed by atoms with Gasteiger partial charge in [0.25, 0.3) is 0 Å². The quantitative estimate of drug-likeness (QED) is 0.544. The van der Waals surface area contributed by atoms with Gasteiger partial charge in [0, 0.05) is 44.1 Å². The summed E-state index contributed by atoms with van der Waals surface area (Å²) in [5.74, 6) is -0.436. The van der Waals surface area contributed by atoms with Gasteiger partial charge in [-0.3, -0.25) is 14.9 Å². The first kappa shape index (κ1) is 21.5. The number of hydrogen-bond donors (Lipinski definition) is 1. The van der Waals surface area contributed by atoms with E-state index in [2.05, 4.69) is 20.2 Å². The van der Waals surface area contributed by atoms with Gasteiger partial charge in [0.2, 0.25) is 17.8 Å². The van der Waals surface area contributed by atoms with Gasteiger partial charge in [-0.1, -0.05) is 18.2 Å². The number of nitrogens with one attached hydrogen (secondary N) is 1. The minimum absolute atomic E-state index is 0.182. The topological polar surface area (TPSA) is 109 Å². The zero-order chi connectivity index (χ0) is 22.5. The lowest BCUT2D eigenvalue weighted by molar-refractivity contribution is -0.153. The lowest BCUT2D eigenvalue weighted by atomic mass is 9.90. The number of rotatable bonds is 5. The van der Waals surface area contributed by atoms with Crippen LogP contribution in [0.3, 0.4) is 0 Å². The number of hydrogen-bond acceptors (Lipinski definition) is 9. The number of aromatic nitrogens is 2. The number of nitrogens with zero attached hydrogens (tertiary/aromatic N) is 5. The van der Waals surface area contributed by atoms with Crippen molar-refractivity contribution in [3.63, 3.8) is 0 Å². The zero-order valence-electron chi connectivity index (χ0n) is 18.1. The van der Waals surface area contributed by atoms with Crippen LogP contribution < -0.4 is 15.0 Å². The van der Waals surface area contributed by atoms with Gasteiger partial charge in [0.1, 0.15) is 11.8 Å². The number of methoxy groups -OCH3 is 1. The Morgan fingerprint density at radius 3 is 2.47 bits per heavy atom. The highest BCUT2D eigenvalue weighted by atomic mass is 16.5. The van der Waals surface area contributed by atoms with Gasteiger partial charge in [-0.15, -0.1) is 0 Å². The van der Waals surface area contributed by atoms with E-state index in [4.69, 9.17) is 14.5 Å². The molecule has 1 N–H and O–H groups in total. The van der Waals surface area contributed by atoms with E-state index in [0.29, 0.717) is 49.4 Å². The second-order valence-electron chi connectivity index (χ2n) is 7.38. The molecule has 1 amide bonds. The van der Waals surface area contributed by atoms with E-state index in [1.54, 1.807) is 38.6 Å². The maximum absolute atomic E-state index is 13.0. The number of esters is 1. The number of amides is 1. The average Bonchev–Trinajstić information content (AvgIpc) is 2.84. The number of carbonyl (C=O) groups is 2. The highest BCUT2D eigenvalue weighted by Gasteiger charge is 2.43. The number of benzene rings is 1. The fourth-order valence-corrected chi connectivity index (χ4v) is 3.93. The Bertz CT molecular complexity index is 991. The van der Waals surface area contributed by atoms with Crippen molar-refractivity contribution >= 4 is 23.8 Å². The fraction of sp³-hybridized carbons (Fsp3) is 0.409. The normalized spacial score (nSPS) is 20.9. The molecule has 2 aromatic rings. The lowest BCUT2D eigenvalue weighted by Gasteiger charge is -2.39. The SMILES string of the molecule is CCOC(=O)[C@@H]1C(=O)NC(N2CCN(c3ncccn3)CC2)=N[C@H]1c1ccccc1OC. The van der Waals surface area contributed by atoms with Crippen molar-refractivity contribution < 1.29 is 19.1 Å². The van der Waals surface area contributed by atoms with Gasteiger partial charge < -0.3 is 19.3 Å². The lowest BCUT2D eigenvalue weighted by Crippen LogP contribution is -2.57. The van der Waals surface area contributed by atoms with E-state index in [-0.39, 0.29) is 6.61 Å². The summed E-state index contributed by atoms with van der Waals surface area (Å²) in [7, 11) is 1.55. The predicted molar refractivity (Wildman–Crippen MR) is 117 cm³/mol. The molecule has 1 fully saturated rings. The van der Waals surface area contributed by atoms with Crippen LogP contribution in [0.2, 0.25) is 0 Å². The van der Waals surface area contributed by atoms with Crippen molar-refractivity contribution in [3.8, 4) is 5.75 Å². The molecule has 2 aliphatic heterocycles. The molecule has 0 bridgehead atoms. The molecule has 0 spiro atoms. The largest absolute Gasteiger partial charge is 0.496 e. The highest BCUT2D eigenvalue weighted by Crippen LogP contribution is 2.36. The van der Waals surface area contributed by atoms with Crippen LogP contribution in [0, 0.1) is 5.92 Å². The molecule has 0 aliphatic carbocycles. The summed E-state index contributed by atoms with van der Waals surface area (Å²) in [6, 6.07) is 8.31. The van der Waals surface area contributed by atoms with Crippen molar-refractivity contribution in [2.45, 2.75) is 13.0 Å². The smallest absolute Gasteiger partial charge is 0.321 e. The molecule has 168 valence electrons. The van der Waals surface area contributed by atoms with Crippen LogP contribution in [0.1, 0.15) is 18.5 Å². The third kappa shape index (κ3) is 4.34. The van der Waals surface area contributed by atoms with Crippen LogP contribution in [-0.4, -0.2) is 72.6 Å². The van der Waals surface area contributed by atoms with Crippen LogP contribution in [0.4, 0.5) is 5.95 Å². The molecule has 0 saturated carbocycles. The molecular weight excluding hydrogens is 412 g/mol. The van der Waals surface area contributed by atoms with Crippen molar-refractivity contribution in [3.05, 3.63) is 48.3 Å². The summed E-state index contributed by atoms with van der Waals surface area (Å²) in [5.41, 5.74) is 0.664. The fourth-order valence-electron chi connectivity index (χ4n) is 3.93. The molecular formula is C22H26N6O4. The summed E-state index contributed by atoms with van der Waals surface area (Å²) in [4.78, 5) is 43.2. The van der Waals surface area contributed by atoms with Gasteiger partial charge in [0.15, 0.2) is 5.92 Å². The third-order valence-electron chi connectivity index (χ3n) is 5.51. The Morgan fingerprint density at radius 2 is 1.78 bits per heavy atom. The Kier molecular flexibility index (Phi) is 6.48. The average molecular weight is 438 g/mol. The number of guanidine groups is 1. The molecule has 4 rings (SSSR count). The molecule has 1 saturated heterocycles. The number of aliphatic imine (C=N–C) groups is 1. The number of carbonyl (C=O) groups excluding carboxylic acids is 2. The van der Waals surface area contributed by atoms with Gasteiger partial charge >= 0.3 is 5.97 Å². The number of piperazine rings is 1. The summed E-state index contributed by atoms with van der Waals surface area (Å²) in [6.45, 7) is 4.50. The van der Waals surface area contributed by atoms with E-state index in [1.807, 2.05) is 23.1 Å². The molecule has 0 radical (unpaired) electrons. The number of anilines is 1. The van der Waals surface area contributed by atoms with Gasteiger partial charge in [-0.2, -0.15) is 0 Å². The molecule has 1 aromatic heterocycles.